The molecule has 6 unspecified atom stereocenters. The summed E-state index contributed by atoms with van der Waals surface area (Å²) in [5, 5.41) is 51.4. The highest BCUT2D eigenvalue weighted by Crippen LogP contribution is 2.20. The van der Waals surface area contributed by atoms with Gasteiger partial charge in [0.1, 0.15) is 30.6 Å². The molecule has 0 radical (unpaired) electrons. The molecule has 1 aliphatic heterocycles. The van der Waals surface area contributed by atoms with Crippen LogP contribution in [0.4, 0.5) is 0 Å². The van der Waals surface area contributed by atoms with Crippen molar-refractivity contribution in [1.29, 1.82) is 0 Å². The summed E-state index contributed by atoms with van der Waals surface area (Å²) in [6.45, 7) is -0.181. The summed E-state index contributed by atoms with van der Waals surface area (Å²) in [7, 11) is 0. The van der Waals surface area contributed by atoms with Crippen molar-refractivity contribution in [3.63, 3.8) is 0 Å². The standard InChI is InChI=1S/C11H20N2O8/c1-4(16)12-7-9(18)8(17)6(3-15)21-10(7)13-5(2-14)11(19)20/h5-10,13-15,17-18H,2-3H2,1H3,(H,12,16)(H,19,20). The predicted octanol–water partition coefficient (Wildman–Crippen LogP) is -4.03. The number of carbonyl (C=O) groups is 2. The Morgan fingerprint density at radius 3 is 2.29 bits per heavy atom. The third kappa shape index (κ3) is 4.33. The molecule has 7 N–H and O–H groups in total. The highest BCUT2D eigenvalue weighted by atomic mass is 16.5. The fourth-order valence-corrected chi connectivity index (χ4v) is 2.06. The van der Waals surface area contributed by atoms with Crippen LogP contribution in [-0.2, 0) is 14.3 Å². The number of hydrogen-bond donors (Lipinski definition) is 7. The Hall–Kier alpha value is -1.30. The molecular formula is C11H20N2O8. The highest BCUT2D eigenvalue weighted by molar-refractivity contribution is 5.74. The minimum absolute atomic E-state index is 0.528. The van der Waals surface area contributed by atoms with Gasteiger partial charge in [0.25, 0.3) is 0 Å². The SMILES string of the molecule is CC(=O)NC1C(NC(CO)C(=O)O)OC(CO)C(O)C1O. The first-order valence-corrected chi connectivity index (χ1v) is 6.31. The van der Waals surface area contributed by atoms with E-state index in [0.29, 0.717) is 0 Å². The zero-order valence-electron chi connectivity index (χ0n) is 11.3. The molecule has 6 atom stereocenters. The van der Waals surface area contributed by atoms with E-state index in [-0.39, 0.29) is 0 Å². The smallest absolute Gasteiger partial charge is 0.323 e. The fourth-order valence-electron chi connectivity index (χ4n) is 2.06. The van der Waals surface area contributed by atoms with Gasteiger partial charge in [-0.15, -0.1) is 0 Å². The van der Waals surface area contributed by atoms with Gasteiger partial charge in [0.15, 0.2) is 0 Å². The topological polar surface area (TPSA) is 169 Å². The van der Waals surface area contributed by atoms with Crippen molar-refractivity contribution in [2.75, 3.05) is 13.2 Å². The lowest BCUT2D eigenvalue weighted by molar-refractivity contribution is -0.205. The number of ether oxygens (including phenoxy) is 1. The molecule has 21 heavy (non-hydrogen) atoms. The third-order valence-corrected chi connectivity index (χ3v) is 3.14. The number of aliphatic hydroxyl groups excluding tert-OH is 4. The van der Waals surface area contributed by atoms with Crippen LogP contribution < -0.4 is 10.6 Å². The summed E-state index contributed by atoms with van der Waals surface area (Å²) in [5.74, 6) is -1.89. The minimum atomic E-state index is -1.48. The largest absolute Gasteiger partial charge is 0.480 e. The Bertz CT molecular complexity index is 379. The predicted molar refractivity (Wildman–Crippen MR) is 67.0 cm³/mol. The summed E-state index contributed by atoms with van der Waals surface area (Å²) in [5.41, 5.74) is 0. The Morgan fingerprint density at radius 2 is 1.86 bits per heavy atom. The molecule has 122 valence electrons. The summed E-state index contributed by atoms with van der Waals surface area (Å²) in [4.78, 5) is 22.1. The van der Waals surface area contributed by atoms with Crippen molar-refractivity contribution in [3.8, 4) is 0 Å². The lowest BCUT2D eigenvalue weighted by Gasteiger charge is -2.43. The molecule has 1 amide bonds. The van der Waals surface area contributed by atoms with Gasteiger partial charge >= 0.3 is 5.97 Å². The van der Waals surface area contributed by atoms with Crippen molar-refractivity contribution in [1.82, 2.24) is 10.6 Å². The average Bonchev–Trinajstić information content (AvgIpc) is 2.42. The molecule has 0 bridgehead atoms. The molecular weight excluding hydrogens is 288 g/mol. The third-order valence-electron chi connectivity index (χ3n) is 3.14. The second-order valence-electron chi connectivity index (χ2n) is 4.73. The maximum Gasteiger partial charge on any atom is 0.323 e. The van der Waals surface area contributed by atoms with E-state index in [4.69, 9.17) is 20.1 Å². The maximum atomic E-state index is 11.1. The van der Waals surface area contributed by atoms with Gasteiger partial charge in [-0.05, 0) is 0 Å². The molecule has 0 aromatic carbocycles. The first-order chi connectivity index (χ1) is 9.81. The van der Waals surface area contributed by atoms with Crippen LogP contribution in [0.1, 0.15) is 6.92 Å². The lowest BCUT2D eigenvalue weighted by Crippen LogP contribution is -2.69. The van der Waals surface area contributed by atoms with Crippen LogP contribution in [0.25, 0.3) is 0 Å². The van der Waals surface area contributed by atoms with Gasteiger partial charge in [-0.2, -0.15) is 0 Å². The van der Waals surface area contributed by atoms with Crippen LogP contribution in [-0.4, -0.2) is 87.2 Å². The molecule has 0 aromatic heterocycles. The number of carboxylic acid groups (broad SMARTS) is 1. The number of carboxylic acids is 1. The first-order valence-electron chi connectivity index (χ1n) is 6.31. The van der Waals surface area contributed by atoms with Gasteiger partial charge in [-0.25, -0.2) is 0 Å². The van der Waals surface area contributed by atoms with Gasteiger partial charge in [-0.3, -0.25) is 14.9 Å². The average molecular weight is 308 g/mol. The summed E-state index contributed by atoms with van der Waals surface area (Å²) < 4.78 is 5.25. The Kier molecular flexibility index (Phi) is 6.45. The minimum Gasteiger partial charge on any atom is -0.480 e. The summed E-state index contributed by atoms with van der Waals surface area (Å²) in [6, 6.07) is -2.54. The maximum absolute atomic E-state index is 11.1. The normalized spacial score (nSPS) is 34.2. The molecule has 0 aliphatic carbocycles. The molecule has 0 saturated carbocycles. The number of hydrogen-bond acceptors (Lipinski definition) is 8. The van der Waals surface area contributed by atoms with Crippen LogP contribution in [0.2, 0.25) is 0 Å². The Morgan fingerprint density at radius 1 is 1.24 bits per heavy atom. The van der Waals surface area contributed by atoms with E-state index in [0.717, 1.165) is 0 Å². The van der Waals surface area contributed by atoms with Crippen molar-refractivity contribution >= 4 is 11.9 Å². The monoisotopic (exact) mass is 308 g/mol. The van der Waals surface area contributed by atoms with Crippen molar-refractivity contribution in [2.24, 2.45) is 0 Å². The second-order valence-corrected chi connectivity index (χ2v) is 4.73. The van der Waals surface area contributed by atoms with E-state index < -0.39 is 61.7 Å². The molecule has 0 spiro atoms. The van der Waals surface area contributed by atoms with Crippen LogP contribution >= 0.6 is 0 Å². The van der Waals surface area contributed by atoms with E-state index in [1.54, 1.807) is 0 Å². The van der Waals surface area contributed by atoms with Gasteiger partial charge in [0.05, 0.1) is 19.3 Å². The zero-order valence-corrected chi connectivity index (χ0v) is 11.3. The second kappa shape index (κ2) is 7.64. The fraction of sp³-hybridized carbons (Fsp3) is 0.818. The van der Waals surface area contributed by atoms with Crippen molar-refractivity contribution < 1.29 is 39.9 Å². The lowest BCUT2D eigenvalue weighted by atomic mass is 9.95. The number of nitrogens with one attached hydrogen (secondary N) is 2. The highest BCUT2D eigenvalue weighted by Gasteiger charge is 2.45. The molecule has 1 heterocycles. The van der Waals surface area contributed by atoms with Crippen LogP contribution in [0.5, 0.6) is 0 Å². The quantitative estimate of drug-likeness (QED) is 0.258. The molecule has 1 rings (SSSR count). The van der Waals surface area contributed by atoms with Gasteiger partial charge in [0, 0.05) is 6.92 Å². The van der Waals surface area contributed by atoms with Gasteiger partial charge in [0.2, 0.25) is 5.91 Å². The number of rotatable bonds is 6. The number of amides is 1. The van der Waals surface area contributed by atoms with Crippen molar-refractivity contribution in [3.05, 3.63) is 0 Å². The van der Waals surface area contributed by atoms with E-state index >= 15 is 0 Å². The molecule has 10 heteroatoms. The molecule has 1 saturated heterocycles. The summed E-state index contributed by atoms with van der Waals surface area (Å²) >= 11 is 0. The molecule has 1 aliphatic rings. The molecule has 0 aromatic rings. The van der Waals surface area contributed by atoms with E-state index in [1.165, 1.54) is 6.92 Å². The van der Waals surface area contributed by atoms with E-state index in [9.17, 15) is 19.8 Å². The Balaban J connectivity index is 2.92. The number of aliphatic hydroxyl groups is 4. The Labute approximate surface area is 120 Å². The van der Waals surface area contributed by atoms with Crippen LogP contribution in [0, 0.1) is 0 Å². The first kappa shape index (κ1) is 17.8. The van der Waals surface area contributed by atoms with E-state index in [1.807, 2.05) is 0 Å². The number of aliphatic carboxylic acids is 1. The van der Waals surface area contributed by atoms with Gasteiger partial charge < -0.3 is 35.6 Å². The number of carbonyl (C=O) groups excluding carboxylic acids is 1. The summed E-state index contributed by atoms with van der Waals surface area (Å²) in [6.07, 6.45) is -5.30. The van der Waals surface area contributed by atoms with Gasteiger partial charge in [-0.1, -0.05) is 0 Å². The van der Waals surface area contributed by atoms with Crippen LogP contribution in [0.15, 0.2) is 0 Å². The van der Waals surface area contributed by atoms with Crippen molar-refractivity contribution in [2.45, 2.75) is 43.5 Å². The molecule has 1 fully saturated rings. The zero-order chi connectivity index (χ0) is 16.2. The van der Waals surface area contributed by atoms with E-state index in [2.05, 4.69) is 10.6 Å². The van der Waals surface area contributed by atoms with Crippen LogP contribution in [0.3, 0.4) is 0 Å². The molecule has 10 nitrogen and oxygen atoms in total.